The first-order valence-corrected chi connectivity index (χ1v) is 9.02. The van der Waals surface area contributed by atoms with Gasteiger partial charge in [0.25, 0.3) is 0 Å². The van der Waals surface area contributed by atoms with E-state index in [1.54, 1.807) is 11.3 Å². The van der Waals surface area contributed by atoms with Crippen molar-refractivity contribution in [2.75, 3.05) is 11.9 Å². The molecule has 0 radical (unpaired) electrons. The molecule has 4 rings (SSSR count). The van der Waals surface area contributed by atoms with Crippen LogP contribution < -0.4 is 10.1 Å². The molecule has 1 aliphatic heterocycles. The lowest BCUT2D eigenvalue weighted by Gasteiger charge is -2.07. The summed E-state index contributed by atoms with van der Waals surface area (Å²) in [6.07, 6.45) is 0. The molecule has 124 valence electrons. The van der Waals surface area contributed by atoms with Gasteiger partial charge in [-0.05, 0) is 54.8 Å². The Labute approximate surface area is 150 Å². The van der Waals surface area contributed by atoms with Crippen molar-refractivity contribution in [2.24, 2.45) is 9.98 Å². The van der Waals surface area contributed by atoms with Crippen LogP contribution in [0.3, 0.4) is 0 Å². The molecule has 0 saturated carbocycles. The molecule has 0 spiro atoms. The molecule has 0 aliphatic carbocycles. The average molecular weight is 347 g/mol. The van der Waals surface area contributed by atoms with Gasteiger partial charge in [-0.2, -0.15) is 0 Å². The number of fused-ring (bicyclic) bond motifs is 1. The van der Waals surface area contributed by atoms with Gasteiger partial charge in [0.05, 0.1) is 22.9 Å². The number of thiophene rings is 1. The molecule has 25 heavy (non-hydrogen) atoms. The van der Waals surface area contributed by atoms with Crippen molar-refractivity contribution in [1.82, 2.24) is 0 Å². The highest BCUT2D eigenvalue weighted by Gasteiger charge is 2.15. The first-order valence-electron chi connectivity index (χ1n) is 8.14. The van der Waals surface area contributed by atoms with Crippen molar-refractivity contribution in [3.63, 3.8) is 0 Å². The Hall–Kier alpha value is -2.92. The molecule has 1 aromatic heterocycles. The summed E-state index contributed by atoms with van der Waals surface area (Å²) in [5.74, 6) is 2.35. The molecule has 3 aromatic rings. The molecule has 0 bridgehead atoms. The number of benzene rings is 2. The van der Waals surface area contributed by atoms with Crippen LogP contribution in [0, 0.1) is 0 Å². The lowest BCUT2D eigenvalue weighted by Crippen LogP contribution is -2.13. The third-order valence-corrected chi connectivity index (χ3v) is 4.66. The fourth-order valence-corrected chi connectivity index (χ4v) is 3.27. The van der Waals surface area contributed by atoms with Gasteiger partial charge in [-0.15, -0.1) is 11.3 Å². The number of anilines is 1. The summed E-state index contributed by atoms with van der Waals surface area (Å²) in [5, 5.41) is 5.46. The predicted molar refractivity (Wildman–Crippen MR) is 105 cm³/mol. The average Bonchev–Trinajstić information content (AvgIpc) is 3.10. The van der Waals surface area contributed by atoms with Gasteiger partial charge in [0.1, 0.15) is 11.6 Å². The van der Waals surface area contributed by atoms with Crippen LogP contribution in [0.15, 0.2) is 76.0 Å². The molecule has 0 fully saturated rings. The Morgan fingerprint density at radius 1 is 0.960 bits per heavy atom. The molecular weight excluding hydrogens is 330 g/mol. The Morgan fingerprint density at radius 3 is 2.56 bits per heavy atom. The van der Waals surface area contributed by atoms with Crippen LogP contribution in [0.1, 0.15) is 17.4 Å². The summed E-state index contributed by atoms with van der Waals surface area (Å²) < 4.78 is 5.52. The van der Waals surface area contributed by atoms with E-state index in [1.165, 1.54) is 0 Å². The van der Waals surface area contributed by atoms with Gasteiger partial charge >= 0.3 is 0 Å². The Bertz CT molecular complexity index is 928. The standard InChI is InChI=1S/C20H17N3OS/c1-2-24-15-11-9-14(10-12-15)19-21-16-6-3-4-7-17(16)22-20(23-19)18-8-5-13-25-18/h3-13H,2H2,1H3,(H,21,22,23). The zero-order valence-electron chi connectivity index (χ0n) is 13.8. The first kappa shape index (κ1) is 15.6. The largest absolute Gasteiger partial charge is 0.494 e. The Kier molecular flexibility index (Phi) is 4.31. The molecule has 1 N–H and O–H groups in total. The second kappa shape index (κ2) is 6.91. The number of hydrogen-bond acceptors (Lipinski definition) is 5. The quantitative estimate of drug-likeness (QED) is 0.714. The number of rotatable bonds is 4. The minimum Gasteiger partial charge on any atom is -0.494 e. The van der Waals surface area contributed by atoms with Gasteiger partial charge in [0, 0.05) is 5.56 Å². The van der Waals surface area contributed by atoms with Gasteiger partial charge in [-0.3, -0.25) is 0 Å². The minimum absolute atomic E-state index is 0.651. The first-order chi connectivity index (χ1) is 12.3. The number of nitrogens with one attached hydrogen (secondary N) is 1. The van der Waals surface area contributed by atoms with Crippen LogP contribution in [0.4, 0.5) is 11.4 Å². The Balaban J connectivity index is 1.80. The summed E-state index contributed by atoms with van der Waals surface area (Å²) in [4.78, 5) is 10.7. The number of ether oxygens (including phenoxy) is 1. The van der Waals surface area contributed by atoms with Crippen molar-refractivity contribution in [1.29, 1.82) is 0 Å². The maximum absolute atomic E-state index is 5.52. The lowest BCUT2D eigenvalue weighted by atomic mass is 10.2. The summed E-state index contributed by atoms with van der Waals surface area (Å²) in [5.41, 5.74) is 2.79. The molecule has 0 amide bonds. The number of aliphatic imine (C=N–C) groups is 2. The number of nitrogens with zero attached hydrogens (tertiary/aromatic N) is 2. The summed E-state index contributed by atoms with van der Waals surface area (Å²) in [6.45, 7) is 2.63. The normalized spacial score (nSPS) is 13.2. The third kappa shape index (κ3) is 3.32. The highest BCUT2D eigenvalue weighted by molar-refractivity contribution is 7.12. The van der Waals surface area contributed by atoms with Crippen LogP contribution in [0.5, 0.6) is 5.75 Å². The molecule has 0 atom stereocenters. The van der Waals surface area contributed by atoms with Crippen LogP contribution in [-0.2, 0) is 0 Å². The van der Waals surface area contributed by atoms with Crippen molar-refractivity contribution in [2.45, 2.75) is 6.92 Å². The lowest BCUT2D eigenvalue weighted by molar-refractivity contribution is 0.340. The van der Waals surface area contributed by atoms with Gasteiger partial charge in [0.2, 0.25) is 0 Å². The predicted octanol–water partition coefficient (Wildman–Crippen LogP) is 5.10. The molecule has 2 aromatic carbocycles. The minimum atomic E-state index is 0.651. The van der Waals surface area contributed by atoms with E-state index in [0.717, 1.165) is 33.4 Å². The zero-order chi connectivity index (χ0) is 17.1. The maximum Gasteiger partial charge on any atom is 0.162 e. The van der Waals surface area contributed by atoms with Crippen LogP contribution >= 0.6 is 11.3 Å². The molecule has 4 nitrogen and oxygen atoms in total. The van der Waals surface area contributed by atoms with E-state index >= 15 is 0 Å². The maximum atomic E-state index is 5.52. The van der Waals surface area contributed by atoms with Gasteiger partial charge in [-0.25, -0.2) is 9.98 Å². The molecule has 0 saturated heterocycles. The van der Waals surface area contributed by atoms with E-state index in [-0.39, 0.29) is 0 Å². The van der Waals surface area contributed by atoms with E-state index < -0.39 is 0 Å². The van der Waals surface area contributed by atoms with Gasteiger partial charge in [-0.1, -0.05) is 18.2 Å². The highest BCUT2D eigenvalue weighted by Crippen LogP contribution is 2.29. The third-order valence-electron chi connectivity index (χ3n) is 3.78. The van der Waals surface area contributed by atoms with Crippen molar-refractivity contribution >= 4 is 34.4 Å². The zero-order valence-corrected chi connectivity index (χ0v) is 14.6. The molecule has 0 unspecified atom stereocenters. The number of hydrogen-bond donors (Lipinski definition) is 1. The smallest absolute Gasteiger partial charge is 0.162 e. The second-order valence-corrected chi connectivity index (χ2v) is 6.42. The van der Waals surface area contributed by atoms with Gasteiger partial charge < -0.3 is 10.1 Å². The topological polar surface area (TPSA) is 46.0 Å². The van der Waals surface area contributed by atoms with E-state index in [9.17, 15) is 0 Å². The van der Waals surface area contributed by atoms with E-state index in [4.69, 9.17) is 14.7 Å². The molecule has 2 heterocycles. The molecular formula is C20H17N3OS. The molecule has 5 heteroatoms. The van der Waals surface area contributed by atoms with Crippen LogP contribution in [0.2, 0.25) is 0 Å². The summed E-state index contributed by atoms with van der Waals surface area (Å²) >= 11 is 1.65. The van der Waals surface area contributed by atoms with Gasteiger partial charge in [0.15, 0.2) is 5.84 Å². The van der Waals surface area contributed by atoms with Crippen molar-refractivity contribution < 1.29 is 4.74 Å². The SMILES string of the molecule is CCOc1ccc(C2=Nc3ccccc3NC(c3cccs3)=N2)cc1. The van der Waals surface area contributed by atoms with E-state index in [1.807, 2.05) is 66.9 Å². The second-order valence-electron chi connectivity index (χ2n) is 5.47. The number of para-hydroxylation sites is 2. The Morgan fingerprint density at radius 2 is 1.80 bits per heavy atom. The van der Waals surface area contributed by atoms with Crippen molar-refractivity contribution in [3.8, 4) is 5.75 Å². The fourth-order valence-electron chi connectivity index (χ4n) is 2.60. The number of amidine groups is 2. The highest BCUT2D eigenvalue weighted by atomic mass is 32.1. The summed E-state index contributed by atoms with van der Waals surface area (Å²) in [7, 11) is 0. The summed E-state index contributed by atoms with van der Waals surface area (Å²) in [6, 6.07) is 19.9. The van der Waals surface area contributed by atoms with Crippen molar-refractivity contribution in [3.05, 3.63) is 76.5 Å². The van der Waals surface area contributed by atoms with Crippen LogP contribution in [-0.4, -0.2) is 18.3 Å². The van der Waals surface area contributed by atoms with Crippen LogP contribution in [0.25, 0.3) is 0 Å². The van der Waals surface area contributed by atoms with E-state index in [0.29, 0.717) is 12.4 Å². The fraction of sp³-hybridized carbons (Fsp3) is 0.100. The molecule has 1 aliphatic rings. The van der Waals surface area contributed by atoms with E-state index in [2.05, 4.69) is 11.4 Å². The monoisotopic (exact) mass is 347 g/mol.